The molecule has 0 radical (unpaired) electrons. The molecule has 0 atom stereocenters. The molecule has 0 N–H and O–H groups in total. The van der Waals surface area contributed by atoms with Crippen molar-refractivity contribution in [2.75, 3.05) is 0 Å². The lowest BCUT2D eigenvalue weighted by molar-refractivity contribution is 0.962. The van der Waals surface area contributed by atoms with E-state index >= 15 is 0 Å². The van der Waals surface area contributed by atoms with Gasteiger partial charge in [0.25, 0.3) is 0 Å². The minimum Gasteiger partial charge on any atom is -0.141 e. The van der Waals surface area contributed by atoms with E-state index in [0.29, 0.717) is 0 Å². The zero-order valence-electron chi connectivity index (χ0n) is 7.13. The fourth-order valence-electron chi connectivity index (χ4n) is 0.909. The van der Waals surface area contributed by atoms with Crippen LogP contribution in [-0.4, -0.2) is 0 Å². The van der Waals surface area contributed by atoms with E-state index in [-0.39, 0.29) is 0 Å². The van der Waals surface area contributed by atoms with Crippen molar-refractivity contribution in [2.45, 2.75) is 26.7 Å². The van der Waals surface area contributed by atoms with Crippen LogP contribution in [0.3, 0.4) is 0 Å². The third kappa shape index (κ3) is 2.89. The van der Waals surface area contributed by atoms with Gasteiger partial charge in [0, 0.05) is 9.75 Å². The largest absolute Gasteiger partial charge is 0.141 e. The summed E-state index contributed by atoms with van der Waals surface area (Å²) in [4.78, 5) is 2.76. The topological polar surface area (TPSA) is 0 Å². The Kier molecular flexibility index (Phi) is 3.37. The van der Waals surface area contributed by atoms with Gasteiger partial charge >= 0.3 is 0 Å². The molecule has 0 saturated carbocycles. The predicted octanol–water partition coefficient (Wildman–Crippen LogP) is 3.87. The summed E-state index contributed by atoms with van der Waals surface area (Å²) in [6.45, 7) is 4.34. The third-order valence-corrected chi connectivity index (χ3v) is 2.46. The van der Waals surface area contributed by atoms with Crippen molar-refractivity contribution in [3.05, 3.63) is 28.0 Å². The van der Waals surface area contributed by atoms with Gasteiger partial charge in [-0.25, -0.2) is 0 Å². The van der Waals surface area contributed by atoms with Crippen LogP contribution in [0.5, 0.6) is 0 Å². The summed E-state index contributed by atoms with van der Waals surface area (Å²) in [5, 5.41) is 0. The molecule has 0 aliphatic carbocycles. The molecule has 0 bridgehead atoms. The molecule has 0 amide bonds. The van der Waals surface area contributed by atoms with Crippen molar-refractivity contribution in [3.63, 3.8) is 0 Å². The maximum absolute atomic E-state index is 2.24. The van der Waals surface area contributed by atoms with Crippen LogP contribution in [0.1, 0.15) is 29.5 Å². The lowest BCUT2D eigenvalue weighted by atomic mass is 10.3. The molecule has 0 saturated heterocycles. The first kappa shape index (κ1) is 8.54. The number of hydrogen-bond acceptors (Lipinski definition) is 1. The number of hydrogen-bond donors (Lipinski definition) is 0. The SMILES string of the molecule is CCCC=Cc1ccc(C)s1. The Morgan fingerprint density at radius 3 is 2.82 bits per heavy atom. The molecule has 1 aromatic rings. The van der Waals surface area contributed by atoms with Crippen LogP contribution in [0, 0.1) is 6.92 Å². The van der Waals surface area contributed by atoms with Gasteiger partial charge in [-0.05, 0) is 31.6 Å². The lowest BCUT2D eigenvalue weighted by Gasteiger charge is -1.83. The fourth-order valence-corrected chi connectivity index (χ4v) is 1.72. The summed E-state index contributed by atoms with van der Waals surface area (Å²) in [5.41, 5.74) is 0. The summed E-state index contributed by atoms with van der Waals surface area (Å²) in [5.74, 6) is 0. The van der Waals surface area contributed by atoms with Gasteiger partial charge in [-0.1, -0.05) is 19.4 Å². The van der Waals surface area contributed by atoms with E-state index in [4.69, 9.17) is 0 Å². The number of rotatable bonds is 3. The van der Waals surface area contributed by atoms with Crippen molar-refractivity contribution in [3.8, 4) is 0 Å². The van der Waals surface area contributed by atoms with Crippen LogP contribution >= 0.6 is 11.3 Å². The van der Waals surface area contributed by atoms with Gasteiger partial charge in [-0.3, -0.25) is 0 Å². The van der Waals surface area contributed by atoms with Crippen molar-refractivity contribution >= 4 is 17.4 Å². The first-order chi connectivity index (χ1) is 5.33. The quantitative estimate of drug-likeness (QED) is 0.639. The Morgan fingerprint density at radius 1 is 1.45 bits per heavy atom. The third-order valence-electron chi connectivity index (χ3n) is 1.50. The van der Waals surface area contributed by atoms with Gasteiger partial charge in [0.1, 0.15) is 0 Å². The number of thiophene rings is 1. The first-order valence-corrected chi connectivity index (χ1v) is 4.87. The Labute approximate surface area is 72.6 Å². The first-order valence-electron chi connectivity index (χ1n) is 4.06. The highest BCUT2D eigenvalue weighted by Crippen LogP contribution is 2.16. The number of unbranched alkanes of at least 4 members (excludes halogenated alkanes) is 1. The molecule has 0 fully saturated rings. The van der Waals surface area contributed by atoms with Crippen LogP contribution in [0.15, 0.2) is 18.2 Å². The summed E-state index contributed by atoms with van der Waals surface area (Å²) < 4.78 is 0. The molecule has 1 rings (SSSR count). The summed E-state index contributed by atoms with van der Waals surface area (Å²) in [6.07, 6.45) is 6.88. The van der Waals surface area contributed by atoms with Crippen molar-refractivity contribution in [2.24, 2.45) is 0 Å². The van der Waals surface area contributed by atoms with Crippen molar-refractivity contribution in [1.82, 2.24) is 0 Å². The van der Waals surface area contributed by atoms with Gasteiger partial charge in [0.05, 0.1) is 0 Å². The molecule has 1 aromatic heterocycles. The van der Waals surface area contributed by atoms with Crippen molar-refractivity contribution < 1.29 is 0 Å². The van der Waals surface area contributed by atoms with Crippen LogP contribution in [-0.2, 0) is 0 Å². The second kappa shape index (κ2) is 4.35. The van der Waals surface area contributed by atoms with E-state index in [1.807, 2.05) is 11.3 Å². The van der Waals surface area contributed by atoms with Gasteiger partial charge in [-0.2, -0.15) is 0 Å². The minimum absolute atomic E-state index is 1.19. The van der Waals surface area contributed by atoms with Crippen molar-refractivity contribution in [1.29, 1.82) is 0 Å². The molecular weight excluding hydrogens is 152 g/mol. The summed E-state index contributed by atoms with van der Waals surface area (Å²) in [6, 6.07) is 4.34. The predicted molar refractivity (Wildman–Crippen MR) is 53.0 cm³/mol. The Balaban J connectivity index is 2.50. The summed E-state index contributed by atoms with van der Waals surface area (Å²) in [7, 11) is 0. The molecule has 60 valence electrons. The Hall–Kier alpha value is -0.560. The van der Waals surface area contributed by atoms with Gasteiger partial charge in [0.15, 0.2) is 0 Å². The average molecular weight is 166 g/mol. The zero-order chi connectivity index (χ0) is 8.10. The van der Waals surface area contributed by atoms with Crippen LogP contribution in [0.4, 0.5) is 0 Å². The second-order valence-corrected chi connectivity index (χ2v) is 3.96. The standard InChI is InChI=1S/C10H14S/c1-3-4-5-6-10-8-7-9(2)11-10/h5-8H,3-4H2,1-2H3. The Morgan fingerprint density at radius 2 is 2.27 bits per heavy atom. The maximum Gasteiger partial charge on any atom is 0.0269 e. The molecule has 0 aliphatic rings. The maximum atomic E-state index is 2.24. The van der Waals surface area contributed by atoms with Crippen LogP contribution < -0.4 is 0 Å². The summed E-state index contributed by atoms with van der Waals surface area (Å²) >= 11 is 1.85. The molecule has 0 aromatic carbocycles. The van der Waals surface area contributed by atoms with Gasteiger partial charge < -0.3 is 0 Å². The Bertz CT molecular complexity index is 233. The molecular formula is C10H14S. The molecule has 0 spiro atoms. The minimum atomic E-state index is 1.19. The van der Waals surface area contributed by atoms with Crippen LogP contribution in [0.2, 0.25) is 0 Å². The highest BCUT2D eigenvalue weighted by Gasteiger charge is 1.89. The molecule has 0 unspecified atom stereocenters. The monoisotopic (exact) mass is 166 g/mol. The fraction of sp³-hybridized carbons (Fsp3) is 0.400. The van der Waals surface area contributed by atoms with E-state index in [2.05, 4.69) is 38.1 Å². The lowest BCUT2D eigenvalue weighted by Crippen LogP contribution is -1.60. The molecule has 1 heteroatoms. The zero-order valence-corrected chi connectivity index (χ0v) is 7.95. The molecule has 0 aliphatic heterocycles. The van der Waals surface area contributed by atoms with E-state index in [9.17, 15) is 0 Å². The average Bonchev–Trinajstić information content (AvgIpc) is 2.37. The molecule has 0 nitrogen and oxygen atoms in total. The second-order valence-electron chi connectivity index (χ2n) is 2.64. The number of aryl methyl sites for hydroxylation is 1. The van der Waals surface area contributed by atoms with E-state index in [1.54, 1.807) is 0 Å². The highest BCUT2D eigenvalue weighted by atomic mass is 32.1. The molecule has 1 heterocycles. The van der Waals surface area contributed by atoms with Gasteiger partial charge in [0.2, 0.25) is 0 Å². The van der Waals surface area contributed by atoms with E-state index < -0.39 is 0 Å². The normalized spacial score (nSPS) is 11.1. The van der Waals surface area contributed by atoms with Crippen LogP contribution in [0.25, 0.3) is 6.08 Å². The smallest absolute Gasteiger partial charge is 0.0269 e. The van der Waals surface area contributed by atoms with E-state index in [1.165, 1.54) is 22.6 Å². The van der Waals surface area contributed by atoms with Gasteiger partial charge in [-0.15, -0.1) is 11.3 Å². The molecule has 11 heavy (non-hydrogen) atoms. The van der Waals surface area contributed by atoms with E-state index in [0.717, 1.165) is 0 Å². The highest BCUT2D eigenvalue weighted by molar-refractivity contribution is 7.12. The number of allylic oxidation sites excluding steroid dienone is 1.